The van der Waals surface area contributed by atoms with E-state index in [1.165, 1.54) is 16.9 Å². The van der Waals surface area contributed by atoms with Crippen LogP contribution < -0.4 is 0 Å². The third-order valence-corrected chi connectivity index (χ3v) is 5.57. The van der Waals surface area contributed by atoms with Crippen molar-refractivity contribution in [2.24, 2.45) is 11.8 Å². The summed E-state index contributed by atoms with van der Waals surface area (Å²) in [5.41, 5.74) is 1.33. The SMILES string of the molecule is Cc1ccsc1CN(C)C(C)C(=O)N1CC(C)CC(C)C1. The Balaban J connectivity index is 1.96. The quantitative estimate of drug-likeness (QED) is 0.851. The van der Waals surface area contributed by atoms with Gasteiger partial charge in [0.05, 0.1) is 6.04 Å². The Morgan fingerprint density at radius 3 is 2.57 bits per heavy atom. The van der Waals surface area contributed by atoms with E-state index in [9.17, 15) is 4.79 Å². The highest BCUT2D eigenvalue weighted by Crippen LogP contribution is 2.23. The van der Waals surface area contributed by atoms with Crippen LogP contribution in [0.15, 0.2) is 11.4 Å². The molecular weight excluding hydrogens is 280 g/mol. The van der Waals surface area contributed by atoms with Crippen LogP contribution in [0.1, 0.15) is 37.6 Å². The molecule has 0 spiro atoms. The topological polar surface area (TPSA) is 23.6 Å². The van der Waals surface area contributed by atoms with Gasteiger partial charge in [0.15, 0.2) is 0 Å². The van der Waals surface area contributed by atoms with Gasteiger partial charge in [0.1, 0.15) is 0 Å². The molecule has 2 heterocycles. The normalized spacial score (nSPS) is 24.4. The summed E-state index contributed by atoms with van der Waals surface area (Å²) in [7, 11) is 2.05. The highest BCUT2D eigenvalue weighted by Gasteiger charge is 2.29. The molecule has 1 aliphatic rings. The summed E-state index contributed by atoms with van der Waals surface area (Å²) in [5, 5.41) is 2.12. The maximum atomic E-state index is 12.7. The Labute approximate surface area is 132 Å². The fourth-order valence-corrected chi connectivity index (χ4v) is 4.19. The molecule has 3 nitrogen and oxygen atoms in total. The van der Waals surface area contributed by atoms with Crippen LogP contribution in [0.3, 0.4) is 0 Å². The molecule has 1 aromatic rings. The number of rotatable bonds is 4. The van der Waals surface area contributed by atoms with Crippen molar-refractivity contribution >= 4 is 17.2 Å². The molecule has 1 amide bonds. The molecule has 0 bridgehead atoms. The number of piperidine rings is 1. The first-order valence-corrected chi connectivity index (χ1v) is 8.78. The first-order valence-electron chi connectivity index (χ1n) is 7.90. The van der Waals surface area contributed by atoms with Crippen LogP contribution in [0.4, 0.5) is 0 Å². The van der Waals surface area contributed by atoms with E-state index in [1.807, 2.05) is 6.92 Å². The minimum Gasteiger partial charge on any atom is -0.341 e. The number of amides is 1. The number of hydrogen-bond acceptors (Lipinski definition) is 3. The van der Waals surface area contributed by atoms with E-state index < -0.39 is 0 Å². The van der Waals surface area contributed by atoms with Gasteiger partial charge in [-0.15, -0.1) is 11.3 Å². The molecule has 1 saturated heterocycles. The number of aryl methyl sites for hydroxylation is 1. The van der Waals surface area contributed by atoms with Gasteiger partial charge < -0.3 is 4.90 Å². The van der Waals surface area contributed by atoms with Gasteiger partial charge in [0.2, 0.25) is 5.91 Å². The highest BCUT2D eigenvalue weighted by atomic mass is 32.1. The smallest absolute Gasteiger partial charge is 0.239 e. The van der Waals surface area contributed by atoms with E-state index in [-0.39, 0.29) is 11.9 Å². The standard InChI is InChI=1S/C17H28N2OS/c1-12-8-13(2)10-19(9-12)17(20)15(4)18(5)11-16-14(3)6-7-21-16/h6-7,12-13,15H,8-11H2,1-5H3. The van der Waals surface area contributed by atoms with Crippen molar-refractivity contribution < 1.29 is 4.79 Å². The van der Waals surface area contributed by atoms with E-state index in [2.05, 4.69) is 49.1 Å². The Morgan fingerprint density at radius 2 is 2.05 bits per heavy atom. The van der Waals surface area contributed by atoms with Gasteiger partial charge in [-0.25, -0.2) is 0 Å². The Morgan fingerprint density at radius 1 is 1.43 bits per heavy atom. The monoisotopic (exact) mass is 308 g/mol. The molecule has 1 aromatic heterocycles. The summed E-state index contributed by atoms with van der Waals surface area (Å²) < 4.78 is 0. The molecule has 0 aromatic carbocycles. The lowest BCUT2D eigenvalue weighted by Gasteiger charge is -2.38. The summed E-state index contributed by atoms with van der Waals surface area (Å²) in [6, 6.07) is 2.10. The summed E-state index contributed by atoms with van der Waals surface area (Å²) in [6.07, 6.45) is 1.24. The number of carbonyl (C=O) groups is 1. The molecule has 118 valence electrons. The second-order valence-corrected chi connectivity index (χ2v) is 7.81. The first-order chi connectivity index (χ1) is 9.88. The van der Waals surface area contributed by atoms with Gasteiger partial charge in [0, 0.05) is 24.5 Å². The number of likely N-dealkylation sites (N-methyl/N-ethyl adjacent to an activating group) is 1. The van der Waals surface area contributed by atoms with E-state index in [0.717, 1.165) is 19.6 Å². The molecular formula is C17H28N2OS. The molecule has 0 saturated carbocycles. The summed E-state index contributed by atoms with van der Waals surface area (Å²) in [4.78, 5) is 18.3. The molecule has 2 rings (SSSR count). The summed E-state index contributed by atoms with van der Waals surface area (Å²) in [5.74, 6) is 1.52. The fourth-order valence-electron chi connectivity index (χ4n) is 3.23. The van der Waals surface area contributed by atoms with Crippen LogP contribution in [-0.2, 0) is 11.3 Å². The zero-order chi connectivity index (χ0) is 15.6. The van der Waals surface area contributed by atoms with Crippen molar-refractivity contribution in [3.05, 3.63) is 21.9 Å². The lowest BCUT2D eigenvalue weighted by molar-refractivity contribution is -0.138. The fraction of sp³-hybridized carbons (Fsp3) is 0.706. The lowest BCUT2D eigenvalue weighted by atomic mass is 9.91. The average molecular weight is 308 g/mol. The molecule has 0 aliphatic carbocycles. The predicted octanol–water partition coefficient (Wildman–Crippen LogP) is 3.38. The number of likely N-dealkylation sites (tertiary alicyclic amines) is 1. The second kappa shape index (κ2) is 6.93. The minimum atomic E-state index is -0.0519. The van der Waals surface area contributed by atoms with Crippen molar-refractivity contribution in [2.75, 3.05) is 20.1 Å². The summed E-state index contributed by atoms with van der Waals surface area (Å²) >= 11 is 1.78. The van der Waals surface area contributed by atoms with Crippen molar-refractivity contribution in [1.82, 2.24) is 9.80 Å². The lowest BCUT2D eigenvalue weighted by Crippen LogP contribution is -2.50. The van der Waals surface area contributed by atoms with Gasteiger partial charge in [-0.1, -0.05) is 13.8 Å². The number of nitrogens with zero attached hydrogens (tertiary/aromatic N) is 2. The third-order valence-electron chi connectivity index (χ3n) is 4.56. The molecule has 3 unspecified atom stereocenters. The van der Waals surface area contributed by atoms with Crippen molar-refractivity contribution in [1.29, 1.82) is 0 Å². The Kier molecular flexibility index (Phi) is 5.44. The second-order valence-electron chi connectivity index (χ2n) is 6.81. The molecule has 0 radical (unpaired) electrons. The molecule has 4 heteroatoms. The van der Waals surface area contributed by atoms with Crippen LogP contribution in [0, 0.1) is 18.8 Å². The molecule has 1 fully saturated rings. The molecule has 21 heavy (non-hydrogen) atoms. The van der Waals surface area contributed by atoms with E-state index in [4.69, 9.17) is 0 Å². The molecule has 1 aliphatic heterocycles. The minimum absolute atomic E-state index is 0.0519. The van der Waals surface area contributed by atoms with Crippen LogP contribution >= 0.6 is 11.3 Å². The maximum Gasteiger partial charge on any atom is 0.239 e. The van der Waals surface area contributed by atoms with Crippen LogP contribution in [0.25, 0.3) is 0 Å². The van der Waals surface area contributed by atoms with Crippen LogP contribution in [0.5, 0.6) is 0 Å². The van der Waals surface area contributed by atoms with Gasteiger partial charge >= 0.3 is 0 Å². The largest absolute Gasteiger partial charge is 0.341 e. The van der Waals surface area contributed by atoms with Crippen LogP contribution in [-0.4, -0.2) is 41.9 Å². The molecule has 0 N–H and O–H groups in total. The number of carbonyl (C=O) groups excluding carboxylic acids is 1. The predicted molar refractivity (Wildman–Crippen MR) is 89.5 cm³/mol. The van der Waals surface area contributed by atoms with E-state index >= 15 is 0 Å². The van der Waals surface area contributed by atoms with Crippen molar-refractivity contribution in [2.45, 2.75) is 46.7 Å². The summed E-state index contributed by atoms with van der Waals surface area (Å²) in [6.45, 7) is 11.4. The van der Waals surface area contributed by atoms with Gasteiger partial charge in [-0.3, -0.25) is 9.69 Å². The van der Waals surface area contributed by atoms with Gasteiger partial charge in [-0.05, 0) is 56.2 Å². The van der Waals surface area contributed by atoms with Gasteiger partial charge in [0.25, 0.3) is 0 Å². The van der Waals surface area contributed by atoms with Crippen LogP contribution in [0.2, 0.25) is 0 Å². The van der Waals surface area contributed by atoms with E-state index in [1.54, 1.807) is 11.3 Å². The zero-order valence-corrected chi connectivity index (χ0v) is 14.7. The highest BCUT2D eigenvalue weighted by molar-refractivity contribution is 7.10. The Bertz CT molecular complexity index is 475. The Hall–Kier alpha value is -0.870. The van der Waals surface area contributed by atoms with E-state index in [0.29, 0.717) is 11.8 Å². The number of hydrogen-bond donors (Lipinski definition) is 0. The van der Waals surface area contributed by atoms with Gasteiger partial charge in [-0.2, -0.15) is 0 Å². The third kappa shape index (κ3) is 4.07. The average Bonchev–Trinajstić information content (AvgIpc) is 2.81. The van der Waals surface area contributed by atoms with Crippen molar-refractivity contribution in [3.8, 4) is 0 Å². The molecule has 3 atom stereocenters. The first kappa shape index (κ1) is 16.5. The maximum absolute atomic E-state index is 12.7. The van der Waals surface area contributed by atoms with Crippen molar-refractivity contribution in [3.63, 3.8) is 0 Å². The zero-order valence-electron chi connectivity index (χ0n) is 13.9. The number of thiophene rings is 1.